The minimum absolute atomic E-state index is 0.156. The van der Waals surface area contributed by atoms with Crippen LogP contribution in [0, 0.1) is 5.92 Å². The summed E-state index contributed by atoms with van der Waals surface area (Å²) in [5.41, 5.74) is 2.02. The molecule has 2 rings (SSSR count). The molecule has 0 saturated carbocycles. The van der Waals surface area contributed by atoms with Crippen LogP contribution in [0.2, 0.25) is 0 Å². The monoisotopic (exact) mass is 310 g/mol. The summed E-state index contributed by atoms with van der Waals surface area (Å²) in [6.07, 6.45) is 0. The zero-order valence-corrected chi connectivity index (χ0v) is 13.5. The molecule has 0 atom stereocenters. The van der Waals surface area contributed by atoms with Crippen molar-refractivity contribution in [3.63, 3.8) is 0 Å². The second-order valence-electron chi connectivity index (χ2n) is 5.85. The predicted molar refractivity (Wildman–Crippen MR) is 91.2 cm³/mol. The van der Waals surface area contributed by atoms with Crippen molar-refractivity contribution >= 4 is 11.8 Å². The first-order valence-electron chi connectivity index (χ1n) is 7.76. The third-order valence-corrected chi connectivity index (χ3v) is 3.35. The first-order chi connectivity index (χ1) is 11.1. The topological polar surface area (TPSA) is 58.2 Å². The lowest BCUT2D eigenvalue weighted by atomic mass is 10.1. The van der Waals surface area contributed by atoms with Gasteiger partial charge in [-0.2, -0.15) is 0 Å². The zero-order valence-electron chi connectivity index (χ0n) is 13.5. The Balaban J connectivity index is 1.98. The average molecular weight is 310 g/mol. The molecule has 0 unspecified atom stereocenters. The van der Waals surface area contributed by atoms with E-state index in [2.05, 4.69) is 10.6 Å². The van der Waals surface area contributed by atoms with Gasteiger partial charge >= 0.3 is 0 Å². The largest absolute Gasteiger partial charge is 0.352 e. The summed E-state index contributed by atoms with van der Waals surface area (Å²) in [6, 6.07) is 16.5. The molecule has 2 N–H and O–H groups in total. The van der Waals surface area contributed by atoms with Gasteiger partial charge in [0.1, 0.15) is 0 Å². The molecule has 0 aliphatic carbocycles. The van der Waals surface area contributed by atoms with Crippen LogP contribution < -0.4 is 10.6 Å². The number of amides is 2. The number of carbonyl (C=O) groups is 2. The number of benzene rings is 2. The molecule has 2 aromatic rings. The molecule has 0 aliphatic rings. The standard InChI is InChI=1S/C19H22N2O2/c1-14(2)12-20-18(22)16-9-6-10-17(11-16)19(23)21-13-15-7-4-3-5-8-15/h3-11,14H,12-13H2,1-2H3,(H,20,22)(H,21,23). The summed E-state index contributed by atoms with van der Waals surface area (Å²) in [4.78, 5) is 24.3. The Morgan fingerprint density at radius 2 is 1.48 bits per heavy atom. The highest BCUT2D eigenvalue weighted by atomic mass is 16.2. The smallest absolute Gasteiger partial charge is 0.251 e. The van der Waals surface area contributed by atoms with E-state index in [4.69, 9.17) is 0 Å². The summed E-state index contributed by atoms with van der Waals surface area (Å²) in [6.45, 7) is 5.15. The average Bonchev–Trinajstić information content (AvgIpc) is 2.58. The minimum atomic E-state index is -0.188. The summed E-state index contributed by atoms with van der Waals surface area (Å²) < 4.78 is 0. The van der Waals surface area contributed by atoms with Crippen LogP contribution in [0.5, 0.6) is 0 Å². The number of rotatable bonds is 6. The van der Waals surface area contributed by atoms with E-state index < -0.39 is 0 Å². The van der Waals surface area contributed by atoms with Crippen molar-refractivity contribution in [1.82, 2.24) is 10.6 Å². The van der Waals surface area contributed by atoms with Crippen LogP contribution in [0.3, 0.4) is 0 Å². The van der Waals surface area contributed by atoms with Gasteiger partial charge < -0.3 is 10.6 Å². The van der Waals surface area contributed by atoms with Gasteiger partial charge in [-0.15, -0.1) is 0 Å². The molecule has 0 aliphatic heterocycles. The Morgan fingerprint density at radius 1 is 0.870 bits per heavy atom. The Morgan fingerprint density at radius 3 is 2.09 bits per heavy atom. The zero-order chi connectivity index (χ0) is 16.7. The lowest BCUT2D eigenvalue weighted by Gasteiger charge is -2.09. The summed E-state index contributed by atoms with van der Waals surface area (Å²) in [5.74, 6) is 0.0417. The highest BCUT2D eigenvalue weighted by Gasteiger charge is 2.10. The molecule has 4 nitrogen and oxygen atoms in total. The van der Waals surface area contributed by atoms with Gasteiger partial charge in [0, 0.05) is 24.2 Å². The second kappa shape index (κ2) is 8.13. The lowest BCUT2D eigenvalue weighted by molar-refractivity contribution is 0.0949. The normalized spacial score (nSPS) is 10.4. The maximum Gasteiger partial charge on any atom is 0.251 e. The highest BCUT2D eigenvalue weighted by molar-refractivity contribution is 5.99. The van der Waals surface area contributed by atoms with Gasteiger partial charge in [0.05, 0.1) is 0 Å². The van der Waals surface area contributed by atoms with Crippen LogP contribution in [0.1, 0.15) is 40.1 Å². The van der Waals surface area contributed by atoms with E-state index in [0.29, 0.717) is 30.1 Å². The number of carbonyl (C=O) groups excluding carboxylic acids is 2. The summed E-state index contributed by atoms with van der Waals surface area (Å²) in [7, 11) is 0. The Kier molecular flexibility index (Phi) is 5.92. The van der Waals surface area contributed by atoms with E-state index in [1.54, 1.807) is 24.3 Å². The first kappa shape index (κ1) is 16.7. The van der Waals surface area contributed by atoms with Crippen LogP contribution >= 0.6 is 0 Å². The van der Waals surface area contributed by atoms with Crippen molar-refractivity contribution in [2.45, 2.75) is 20.4 Å². The van der Waals surface area contributed by atoms with Gasteiger partial charge in [-0.25, -0.2) is 0 Å². The van der Waals surface area contributed by atoms with Crippen molar-refractivity contribution in [2.24, 2.45) is 5.92 Å². The Labute approximate surface area is 136 Å². The molecule has 0 aromatic heterocycles. The fourth-order valence-corrected chi connectivity index (χ4v) is 2.08. The predicted octanol–water partition coefficient (Wildman–Crippen LogP) is 3.00. The van der Waals surface area contributed by atoms with Crippen LogP contribution in [0.25, 0.3) is 0 Å². The van der Waals surface area contributed by atoms with E-state index in [0.717, 1.165) is 5.56 Å². The van der Waals surface area contributed by atoms with Crippen molar-refractivity contribution in [2.75, 3.05) is 6.54 Å². The van der Waals surface area contributed by atoms with Crippen LogP contribution in [-0.2, 0) is 6.54 Å². The number of nitrogens with one attached hydrogen (secondary N) is 2. The molecular weight excluding hydrogens is 288 g/mol. The van der Waals surface area contributed by atoms with Crippen molar-refractivity contribution in [1.29, 1.82) is 0 Å². The fourth-order valence-electron chi connectivity index (χ4n) is 2.08. The lowest BCUT2D eigenvalue weighted by Crippen LogP contribution is -2.28. The molecule has 2 amide bonds. The van der Waals surface area contributed by atoms with Gasteiger partial charge in [-0.3, -0.25) is 9.59 Å². The second-order valence-corrected chi connectivity index (χ2v) is 5.85. The molecule has 0 fully saturated rings. The van der Waals surface area contributed by atoms with E-state index in [9.17, 15) is 9.59 Å². The minimum Gasteiger partial charge on any atom is -0.352 e. The molecule has 0 saturated heterocycles. The van der Waals surface area contributed by atoms with Gasteiger partial charge in [0.2, 0.25) is 0 Å². The van der Waals surface area contributed by atoms with E-state index in [1.807, 2.05) is 44.2 Å². The molecule has 120 valence electrons. The maximum atomic E-state index is 12.2. The first-order valence-corrected chi connectivity index (χ1v) is 7.76. The van der Waals surface area contributed by atoms with Gasteiger partial charge in [0.25, 0.3) is 11.8 Å². The summed E-state index contributed by atoms with van der Waals surface area (Å²) >= 11 is 0. The Bertz CT molecular complexity index is 666. The quantitative estimate of drug-likeness (QED) is 0.861. The van der Waals surface area contributed by atoms with E-state index in [-0.39, 0.29) is 11.8 Å². The van der Waals surface area contributed by atoms with E-state index in [1.165, 1.54) is 0 Å². The molecule has 0 heterocycles. The van der Waals surface area contributed by atoms with Crippen LogP contribution in [0.4, 0.5) is 0 Å². The van der Waals surface area contributed by atoms with E-state index >= 15 is 0 Å². The van der Waals surface area contributed by atoms with Crippen LogP contribution in [-0.4, -0.2) is 18.4 Å². The van der Waals surface area contributed by atoms with Gasteiger partial charge in [-0.1, -0.05) is 50.2 Å². The fraction of sp³-hybridized carbons (Fsp3) is 0.263. The van der Waals surface area contributed by atoms with Crippen LogP contribution in [0.15, 0.2) is 54.6 Å². The van der Waals surface area contributed by atoms with Crippen molar-refractivity contribution in [3.8, 4) is 0 Å². The third-order valence-electron chi connectivity index (χ3n) is 3.35. The van der Waals surface area contributed by atoms with Crippen molar-refractivity contribution in [3.05, 3.63) is 71.3 Å². The number of hydrogen-bond acceptors (Lipinski definition) is 2. The van der Waals surface area contributed by atoms with Gasteiger partial charge in [0.15, 0.2) is 0 Å². The maximum absolute atomic E-state index is 12.2. The molecular formula is C19H22N2O2. The third kappa shape index (κ3) is 5.25. The summed E-state index contributed by atoms with van der Waals surface area (Å²) in [5, 5.41) is 5.71. The highest BCUT2D eigenvalue weighted by Crippen LogP contribution is 2.07. The SMILES string of the molecule is CC(C)CNC(=O)c1cccc(C(=O)NCc2ccccc2)c1. The molecule has 4 heteroatoms. The number of hydrogen-bond donors (Lipinski definition) is 2. The molecule has 0 bridgehead atoms. The van der Waals surface area contributed by atoms with Crippen molar-refractivity contribution < 1.29 is 9.59 Å². The molecule has 23 heavy (non-hydrogen) atoms. The van der Waals surface area contributed by atoms with Gasteiger partial charge in [-0.05, 0) is 29.7 Å². The Hall–Kier alpha value is -2.62. The molecule has 2 aromatic carbocycles. The molecule has 0 radical (unpaired) electrons. The molecule has 0 spiro atoms.